The largest absolute Gasteiger partial charge is 0.337 e. The first-order chi connectivity index (χ1) is 14.7. The molecule has 3 rings (SSSR count). The maximum Gasteiger partial charge on any atom is 0.228 e. The Morgan fingerprint density at radius 3 is 2.52 bits per heavy atom. The van der Waals surface area contributed by atoms with Gasteiger partial charge >= 0.3 is 0 Å². The maximum absolute atomic E-state index is 13.3. The van der Waals surface area contributed by atoms with Crippen molar-refractivity contribution >= 4 is 15.7 Å². The average molecular weight is 446 g/mol. The Hall–Kier alpha value is -2.15. The van der Waals surface area contributed by atoms with Gasteiger partial charge < -0.3 is 9.47 Å². The van der Waals surface area contributed by atoms with Gasteiger partial charge in [0.25, 0.3) is 0 Å². The Morgan fingerprint density at radius 2 is 1.90 bits per heavy atom. The number of aromatic nitrogens is 2. The number of carbonyl (C=O) groups is 1. The van der Waals surface area contributed by atoms with Crippen LogP contribution in [-0.2, 0) is 33.5 Å². The molecule has 1 aliphatic rings. The molecule has 0 aliphatic heterocycles. The zero-order valence-electron chi connectivity index (χ0n) is 19.2. The third-order valence-electron chi connectivity index (χ3n) is 6.08. The van der Waals surface area contributed by atoms with Crippen LogP contribution in [0, 0.1) is 18.8 Å². The lowest BCUT2D eigenvalue weighted by atomic mass is 10.1. The molecular formula is C24H35N3O3S. The minimum absolute atomic E-state index is 0.0767. The van der Waals surface area contributed by atoms with Crippen LogP contribution in [0.3, 0.4) is 0 Å². The lowest BCUT2D eigenvalue weighted by Gasteiger charge is -2.25. The lowest BCUT2D eigenvalue weighted by molar-refractivity contribution is -0.135. The molecule has 0 spiro atoms. The summed E-state index contributed by atoms with van der Waals surface area (Å²) in [5, 5.41) is 0.101. The molecule has 31 heavy (non-hydrogen) atoms. The second kappa shape index (κ2) is 9.98. The van der Waals surface area contributed by atoms with Gasteiger partial charge in [-0.3, -0.25) is 4.79 Å². The molecule has 1 aromatic heterocycles. The monoisotopic (exact) mass is 445 g/mol. The topological polar surface area (TPSA) is 72.3 Å². The van der Waals surface area contributed by atoms with Crippen LogP contribution in [0.2, 0.25) is 0 Å². The highest BCUT2D eigenvalue weighted by molar-refractivity contribution is 7.90. The number of nitrogens with zero attached hydrogens (tertiary/aromatic N) is 3. The van der Waals surface area contributed by atoms with Gasteiger partial charge in [0.05, 0.1) is 24.2 Å². The number of sulfone groups is 1. The second-order valence-electron chi connectivity index (χ2n) is 9.06. The summed E-state index contributed by atoms with van der Waals surface area (Å²) in [5.74, 6) is 0.459. The first-order valence-corrected chi connectivity index (χ1v) is 13.0. The summed E-state index contributed by atoms with van der Waals surface area (Å²) in [6.45, 7) is 9.56. The Kier molecular flexibility index (Phi) is 7.57. The molecule has 170 valence electrons. The van der Waals surface area contributed by atoms with E-state index in [4.69, 9.17) is 0 Å². The minimum Gasteiger partial charge on any atom is -0.337 e. The average Bonchev–Trinajstić information content (AvgIpc) is 3.38. The van der Waals surface area contributed by atoms with Gasteiger partial charge in [0.15, 0.2) is 0 Å². The molecule has 0 atom stereocenters. The van der Waals surface area contributed by atoms with E-state index in [0.29, 0.717) is 19.6 Å². The van der Waals surface area contributed by atoms with Gasteiger partial charge in [-0.05, 0) is 43.7 Å². The van der Waals surface area contributed by atoms with Crippen molar-refractivity contribution in [2.75, 3.05) is 6.54 Å². The van der Waals surface area contributed by atoms with Crippen LogP contribution in [0.15, 0.2) is 35.6 Å². The Bertz CT molecular complexity index is 1000. The van der Waals surface area contributed by atoms with Crippen molar-refractivity contribution in [1.29, 1.82) is 0 Å². The van der Waals surface area contributed by atoms with Crippen LogP contribution in [-0.4, -0.2) is 35.3 Å². The molecular weight excluding hydrogens is 410 g/mol. The summed E-state index contributed by atoms with van der Waals surface area (Å²) in [6, 6.07) is 7.54. The van der Waals surface area contributed by atoms with Crippen molar-refractivity contribution in [3.05, 3.63) is 47.3 Å². The van der Waals surface area contributed by atoms with E-state index in [2.05, 4.69) is 18.8 Å². The van der Waals surface area contributed by atoms with Gasteiger partial charge in [-0.1, -0.05) is 51.0 Å². The third-order valence-corrected chi connectivity index (χ3v) is 7.66. The smallest absolute Gasteiger partial charge is 0.228 e. The SMILES string of the molecule is CCN(Cc1cnc(S(=O)(=O)Cc2ccccc2C)n1CC(C)C)C(=O)C1CCCC1. The standard InChI is InChI=1S/C24H35N3O3S/c1-5-26(23(28)20-11-8-9-12-20)16-22-14-25-24(27(22)15-18(2)3)31(29,30)17-21-13-7-6-10-19(21)4/h6-7,10,13-14,18,20H,5,8-9,11-12,15-17H2,1-4H3. The molecule has 0 radical (unpaired) electrons. The number of carbonyl (C=O) groups excluding carboxylic acids is 1. The van der Waals surface area contributed by atoms with E-state index in [0.717, 1.165) is 42.5 Å². The van der Waals surface area contributed by atoms with Crippen LogP contribution in [0.5, 0.6) is 0 Å². The molecule has 1 aliphatic carbocycles. The number of rotatable bonds is 9. The summed E-state index contributed by atoms with van der Waals surface area (Å²) >= 11 is 0. The van der Waals surface area contributed by atoms with E-state index in [9.17, 15) is 13.2 Å². The molecule has 0 saturated heterocycles. The van der Waals surface area contributed by atoms with Gasteiger partial charge in [-0.25, -0.2) is 13.4 Å². The van der Waals surface area contributed by atoms with Crippen LogP contribution in [0.1, 0.15) is 63.3 Å². The van der Waals surface area contributed by atoms with Crippen LogP contribution < -0.4 is 0 Å². The number of amides is 1. The van der Waals surface area contributed by atoms with Crippen molar-refractivity contribution in [3.63, 3.8) is 0 Å². The zero-order valence-corrected chi connectivity index (χ0v) is 20.0. The fourth-order valence-corrected chi connectivity index (χ4v) is 5.94. The first-order valence-electron chi connectivity index (χ1n) is 11.3. The summed E-state index contributed by atoms with van der Waals surface area (Å²) in [6.07, 6.45) is 5.77. The highest BCUT2D eigenvalue weighted by Gasteiger charge is 2.29. The zero-order chi connectivity index (χ0) is 22.6. The number of hydrogen-bond acceptors (Lipinski definition) is 4. The highest BCUT2D eigenvalue weighted by Crippen LogP contribution is 2.28. The molecule has 0 bridgehead atoms. The third kappa shape index (κ3) is 5.56. The normalized spacial score (nSPS) is 15.0. The number of hydrogen-bond donors (Lipinski definition) is 0. The van der Waals surface area contributed by atoms with Gasteiger partial charge in [-0.15, -0.1) is 0 Å². The number of benzene rings is 1. The molecule has 0 unspecified atom stereocenters. The van der Waals surface area contributed by atoms with Crippen LogP contribution in [0.4, 0.5) is 0 Å². The summed E-state index contributed by atoms with van der Waals surface area (Å²) < 4.78 is 28.4. The van der Waals surface area contributed by atoms with Gasteiger partial charge in [0, 0.05) is 19.0 Å². The summed E-state index contributed by atoms with van der Waals surface area (Å²) in [4.78, 5) is 19.2. The highest BCUT2D eigenvalue weighted by atomic mass is 32.2. The number of aryl methyl sites for hydroxylation is 1. The molecule has 1 amide bonds. The predicted octanol–water partition coefficient (Wildman–Crippen LogP) is 4.36. The van der Waals surface area contributed by atoms with E-state index in [1.165, 1.54) is 0 Å². The van der Waals surface area contributed by atoms with E-state index >= 15 is 0 Å². The lowest BCUT2D eigenvalue weighted by Crippen LogP contribution is -2.35. The summed E-state index contributed by atoms with van der Waals surface area (Å²) in [5.41, 5.74) is 2.52. The van der Waals surface area contributed by atoms with Crippen molar-refractivity contribution in [2.45, 2.75) is 77.4 Å². The van der Waals surface area contributed by atoms with E-state index in [-0.39, 0.29) is 28.7 Å². The quantitative estimate of drug-likeness (QED) is 0.575. The molecule has 7 heteroatoms. The van der Waals surface area contributed by atoms with E-state index < -0.39 is 9.84 Å². The van der Waals surface area contributed by atoms with E-state index in [1.807, 2.05) is 47.6 Å². The van der Waals surface area contributed by atoms with Gasteiger partial charge in [0.1, 0.15) is 0 Å². The first kappa shape index (κ1) is 23.5. The molecule has 0 N–H and O–H groups in total. The Morgan fingerprint density at radius 1 is 1.23 bits per heavy atom. The molecule has 1 saturated carbocycles. The number of imidazole rings is 1. The maximum atomic E-state index is 13.3. The Balaban J connectivity index is 1.90. The van der Waals surface area contributed by atoms with Crippen molar-refractivity contribution in [1.82, 2.24) is 14.5 Å². The van der Waals surface area contributed by atoms with Crippen LogP contribution >= 0.6 is 0 Å². The predicted molar refractivity (Wildman–Crippen MR) is 122 cm³/mol. The minimum atomic E-state index is -3.62. The fourth-order valence-electron chi connectivity index (χ4n) is 4.34. The Labute approximate surface area is 186 Å². The molecule has 1 fully saturated rings. The van der Waals surface area contributed by atoms with Gasteiger partial charge in [0.2, 0.25) is 20.9 Å². The second-order valence-corrected chi connectivity index (χ2v) is 10.9. The van der Waals surface area contributed by atoms with Crippen molar-refractivity contribution < 1.29 is 13.2 Å². The molecule has 2 aromatic rings. The molecule has 1 aromatic carbocycles. The molecule has 1 heterocycles. The fraction of sp³-hybridized carbons (Fsp3) is 0.583. The van der Waals surface area contributed by atoms with Crippen molar-refractivity contribution in [3.8, 4) is 0 Å². The summed E-state index contributed by atoms with van der Waals surface area (Å²) in [7, 11) is -3.62. The van der Waals surface area contributed by atoms with Crippen molar-refractivity contribution in [2.24, 2.45) is 11.8 Å². The van der Waals surface area contributed by atoms with Gasteiger partial charge in [-0.2, -0.15) is 0 Å². The van der Waals surface area contributed by atoms with Crippen LogP contribution in [0.25, 0.3) is 0 Å². The van der Waals surface area contributed by atoms with E-state index in [1.54, 1.807) is 6.20 Å². The molecule has 6 nitrogen and oxygen atoms in total.